The Balaban J connectivity index is 0. The van der Waals surface area contributed by atoms with Gasteiger partial charge in [0.1, 0.15) is 0 Å². The lowest BCUT2D eigenvalue weighted by molar-refractivity contribution is -0.126. The van der Waals surface area contributed by atoms with E-state index >= 15 is 0 Å². The van der Waals surface area contributed by atoms with Crippen molar-refractivity contribution in [3.63, 3.8) is 0 Å². The maximum absolute atomic E-state index is 11.2. The molecule has 0 bridgehead atoms. The van der Waals surface area contributed by atoms with Crippen molar-refractivity contribution in [2.45, 2.75) is 6.17 Å². The molecule has 3 amide bonds. The average Bonchev–Trinajstić information content (AvgIpc) is 2.17. The monoisotopic (exact) mass is 218 g/mol. The van der Waals surface area contributed by atoms with Crippen molar-refractivity contribution in [3.05, 3.63) is 0 Å². The largest absolute Gasteiger partial charge is 0.412 e. The van der Waals surface area contributed by atoms with E-state index in [4.69, 9.17) is 5.73 Å². The van der Waals surface area contributed by atoms with E-state index in [1.807, 2.05) is 0 Å². The fourth-order valence-electron chi connectivity index (χ4n) is 0.799. The number of carbonyl (C=O) groups excluding carboxylic acids is 2. The van der Waals surface area contributed by atoms with Gasteiger partial charge in [0.05, 0.1) is 0 Å². The molecule has 0 aromatic rings. The number of rotatable bonds is 1. The summed E-state index contributed by atoms with van der Waals surface area (Å²) in [4.78, 5) is 26.7. The third-order valence-corrected chi connectivity index (χ3v) is 1.98. The standard InChI is InChI=1S/C5H7N4O2.Al.2H2O/c1-9-2-7-3(4(9)10)8-5(6)11;;;/h3H,1H3,(H3,6,8,11);;2*1H2. The molecule has 0 aromatic carbocycles. The Kier molecular flexibility index (Phi) is 6.10. The summed E-state index contributed by atoms with van der Waals surface area (Å²) in [6.45, 7) is 0. The van der Waals surface area contributed by atoms with E-state index in [0.29, 0.717) is 4.70 Å². The minimum absolute atomic E-state index is 0. The first-order valence-corrected chi connectivity index (χ1v) is 3.77. The minimum Gasteiger partial charge on any atom is -0.412 e. The molecular formula is C5H11AlN4O4. The molecule has 1 heterocycles. The Morgan fingerprint density at radius 2 is 2.14 bits per heavy atom. The van der Waals surface area contributed by atoms with Gasteiger partial charge in [-0.2, -0.15) is 0 Å². The molecule has 2 radical (unpaired) electrons. The van der Waals surface area contributed by atoms with Gasteiger partial charge < -0.3 is 26.9 Å². The number of nitrogens with two attached hydrogens (primary N) is 1. The summed E-state index contributed by atoms with van der Waals surface area (Å²) in [6.07, 6.45) is -0.861. The van der Waals surface area contributed by atoms with Gasteiger partial charge in [0.2, 0.25) is 22.5 Å². The number of hydrogen-bond acceptors (Lipinski definition) is 3. The summed E-state index contributed by atoms with van der Waals surface area (Å²) in [6, 6.07) is -0.759. The Hall–Kier alpha value is -1.14. The molecule has 1 aliphatic heterocycles. The number of amides is 3. The van der Waals surface area contributed by atoms with Gasteiger partial charge in [-0.3, -0.25) is 9.79 Å². The molecule has 1 atom stereocenters. The lowest BCUT2D eigenvalue weighted by Crippen LogP contribution is -2.44. The summed E-state index contributed by atoms with van der Waals surface area (Å²) < 4.78 is 0.485. The zero-order valence-corrected chi connectivity index (χ0v) is 8.60. The van der Waals surface area contributed by atoms with Crippen molar-refractivity contribution < 1.29 is 20.5 Å². The van der Waals surface area contributed by atoms with Gasteiger partial charge in [-0.25, -0.2) is 4.79 Å². The van der Waals surface area contributed by atoms with Crippen LogP contribution >= 0.6 is 0 Å². The first-order chi connectivity index (χ1) is 5.52. The summed E-state index contributed by atoms with van der Waals surface area (Å²) in [5, 5.41) is 2.20. The highest BCUT2D eigenvalue weighted by molar-refractivity contribution is 6.61. The third kappa shape index (κ3) is 2.97. The van der Waals surface area contributed by atoms with Crippen LogP contribution in [0.1, 0.15) is 0 Å². The van der Waals surface area contributed by atoms with Crippen molar-refractivity contribution in [1.29, 1.82) is 0 Å². The van der Waals surface area contributed by atoms with Gasteiger partial charge in [-0.05, 0) is 4.70 Å². The highest BCUT2D eigenvalue weighted by Gasteiger charge is 2.28. The summed E-state index contributed by atoms with van der Waals surface area (Å²) in [7, 11) is 1.57. The number of urea groups is 1. The normalized spacial score (nSPS) is 19.2. The molecule has 0 saturated heterocycles. The number of aliphatic imine (C=N–C) groups is 1. The van der Waals surface area contributed by atoms with Crippen molar-refractivity contribution in [3.8, 4) is 0 Å². The Morgan fingerprint density at radius 3 is 2.43 bits per heavy atom. The molecule has 14 heavy (non-hydrogen) atoms. The van der Waals surface area contributed by atoms with Crippen molar-refractivity contribution >= 4 is 32.9 Å². The van der Waals surface area contributed by atoms with E-state index < -0.39 is 12.2 Å². The number of primary amides is 1. The molecule has 0 aliphatic carbocycles. The maximum Gasteiger partial charge on any atom is 0.314 e. The van der Waals surface area contributed by atoms with Crippen LogP contribution in [0.15, 0.2) is 4.99 Å². The first kappa shape index (κ1) is 15.3. The Morgan fingerprint density at radius 1 is 1.64 bits per heavy atom. The number of carbonyl (C=O) groups is 2. The van der Waals surface area contributed by atoms with Crippen LogP contribution in [0.3, 0.4) is 0 Å². The van der Waals surface area contributed by atoms with E-state index in [1.165, 1.54) is 4.90 Å². The van der Waals surface area contributed by atoms with Crippen LogP contribution in [0.25, 0.3) is 0 Å². The Bertz CT molecular complexity index is 268. The highest BCUT2D eigenvalue weighted by atomic mass is 27.0. The number of likely N-dealkylation sites (N-methyl/N-ethyl adjacent to an activating group) is 1. The number of hydrogen-bond donors (Lipinski definition) is 2. The van der Waals surface area contributed by atoms with E-state index in [0.717, 1.165) is 0 Å². The van der Waals surface area contributed by atoms with Gasteiger partial charge in [0.25, 0.3) is 5.91 Å². The molecule has 7 N–H and O–H groups in total. The van der Waals surface area contributed by atoms with Crippen LogP contribution in [-0.4, -0.2) is 62.0 Å². The molecule has 0 saturated carbocycles. The van der Waals surface area contributed by atoms with Crippen molar-refractivity contribution in [2.24, 2.45) is 10.7 Å². The predicted molar refractivity (Wildman–Crippen MR) is 49.7 cm³/mol. The molecule has 8 nitrogen and oxygen atoms in total. The lowest BCUT2D eigenvalue weighted by atomic mass is 10.5. The van der Waals surface area contributed by atoms with Crippen molar-refractivity contribution in [2.75, 3.05) is 7.05 Å². The third-order valence-electron chi connectivity index (χ3n) is 1.45. The first-order valence-electron chi connectivity index (χ1n) is 3.19. The SMILES string of the molecule is CN1C(=O)C(NC(N)=O)N=[C]1[Al].O.O. The number of nitrogens with one attached hydrogen (secondary N) is 1. The van der Waals surface area contributed by atoms with Gasteiger partial charge in [-0.15, -0.1) is 0 Å². The summed E-state index contributed by atoms with van der Waals surface area (Å²) in [5.74, 6) is -0.293. The second kappa shape index (κ2) is 5.56. The van der Waals surface area contributed by atoms with Gasteiger partial charge >= 0.3 is 6.03 Å². The van der Waals surface area contributed by atoms with Crippen molar-refractivity contribution in [1.82, 2.24) is 10.2 Å². The molecule has 9 heteroatoms. The quantitative estimate of drug-likeness (QED) is 0.436. The molecule has 0 fully saturated rings. The van der Waals surface area contributed by atoms with Gasteiger partial charge in [-0.1, -0.05) is 0 Å². The molecular weight excluding hydrogens is 207 g/mol. The minimum atomic E-state index is -0.861. The van der Waals surface area contributed by atoms with E-state index in [2.05, 4.69) is 26.6 Å². The summed E-state index contributed by atoms with van der Waals surface area (Å²) in [5.41, 5.74) is 4.83. The topological polar surface area (TPSA) is 151 Å². The average molecular weight is 218 g/mol. The Labute approximate surface area is 88.2 Å². The fraction of sp³-hybridized carbons (Fsp3) is 0.400. The molecule has 78 valence electrons. The smallest absolute Gasteiger partial charge is 0.314 e. The second-order valence-electron chi connectivity index (χ2n) is 2.30. The zero-order chi connectivity index (χ0) is 9.30. The van der Waals surface area contributed by atoms with Crippen LogP contribution in [0.4, 0.5) is 4.79 Å². The molecule has 0 spiro atoms. The van der Waals surface area contributed by atoms with Crippen LogP contribution in [-0.2, 0) is 4.79 Å². The molecule has 1 unspecified atom stereocenters. The molecule has 0 aromatic heterocycles. The molecule has 1 aliphatic rings. The van der Waals surface area contributed by atoms with E-state index in [1.54, 1.807) is 7.05 Å². The molecule has 1 rings (SSSR count). The van der Waals surface area contributed by atoms with E-state index in [9.17, 15) is 9.59 Å². The highest BCUT2D eigenvalue weighted by Crippen LogP contribution is 2.03. The van der Waals surface area contributed by atoms with Crippen LogP contribution in [0.2, 0.25) is 0 Å². The van der Waals surface area contributed by atoms with E-state index in [-0.39, 0.29) is 16.9 Å². The van der Waals surface area contributed by atoms with Crippen LogP contribution in [0.5, 0.6) is 0 Å². The zero-order valence-electron chi connectivity index (χ0n) is 7.44. The second-order valence-corrected chi connectivity index (χ2v) is 2.81. The maximum atomic E-state index is 11.2. The predicted octanol–water partition coefficient (Wildman–Crippen LogP) is -3.67. The fourth-order valence-corrected chi connectivity index (χ4v) is 1.08. The van der Waals surface area contributed by atoms with Gasteiger partial charge in [0, 0.05) is 7.05 Å². The number of nitrogens with zero attached hydrogens (tertiary/aromatic N) is 2. The lowest BCUT2D eigenvalue weighted by Gasteiger charge is -2.10. The van der Waals surface area contributed by atoms with Crippen LogP contribution < -0.4 is 11.1 Å². The van der Waals surface area contributed by atoms with Crippen LogP contribution in [0, 0.1) is 0 Å². The number of amidine groups is 1. The van der Waals surface area contributed by atoms with Gasteiger partial charge in [0.15, 0.2) is 0 Å². The summed E-state index contributed by atoms with van der Waals surface area (Å²) >= 11 is 2.28.